The second-order valence-corrected chi connectivity index (χ2v) is 6.37. The summed E-state index contributed by atoms with van der Waals surface area (Å²) in [5, 5.41) is 12.3. The summed E-state index contributed by atoms with van der Waals surface area (Å²) in [6, 6.07) is 11.6. The SMILES string of the molecule is CCC(CO)NC(=O)c1c(-c2ccc(C)cc2)nc2ccc(C)cn12. The highest BCUT2D eigenvalue weighted by atomic mass is 16.3. The van der Waals surface area contributed by atoms with Crippen LogP contribution in [0.5, 0.6) is 0 Å². The van der Waals surface area contributed by atoms with E-state index in [1.165, 1.54) is 0 Å². The number of rotatable bonds is 5. The Balaban J connectivity index is 2.15. The van der Waals surface area contributed by atoms with Gasteiger partial charge in [-0.15, -0.1) is 0 Å². The number of carbonyl (C=O) groups excluding carboxylic acids is 1. The first-order chi connectivity index (χ1) is 12.0. The predicted octanol–water partition coefficient (Wildman–Crippen LogP) is 3.12. The fourth-order valence-corrected chi connectivity index (χ4v) is 2.81. The van der Waals surface area contributed by atoms with Crippen LogP contribution in [0.3, 0.4) is 0 Å². The van der Waals surface area contributed by atoms with Crippen LogP contribution >= 0.6 is 0 Å². The summed E-state index contributed by atoms with van der Waals surface area (Å²) in [4.78, 5) is 17.6. The molecule has 0 bridgehead atoms. The van der Waals surface area contributed by atoms with Crippen molar-refractivity contribution in [2.45, 2.75) is 33.2 Å². The van der Waals surface area contributed by atoms with Crippen molar-refractivity contribution in [3.8, 4) is 11.3 Å². The number of hydrogen-bond acceptors (Lipinski definition) is 3. The zero-order valence-electron chi connectivity index (χ0n) is 14.8. The van der Waals surface area contributed by atoms with Gasteiger partial charge in [0.05, 0.1) is 12.6 Å². The van der Waals surface area contributed by atoms with Crippen molar-refractivity contribution in [3.63, 3.8) is 0 Å². The van der Waals surface area contributed by atoms with Gasteiger partial charge >= 0.3 is 0 Å². The van der Waals surface area contributed by atoms with Gasteiger partial charge in [0.25, 0.3) is 5.91 Å². The molecule has 25 heavy (non-hydrogen) atoms. The van der Waals surface area contributed by atoms with Crippen molar-refractivity contribution in [2.24, 2.45) is 0 Å². The first kappa shape index (κ1) is 17.2. The van der Waals surface area contributed by atoms with E-state index in [0.717, 1.165) is 22.3 Å². The van der Waals surface area contributed by atoms with E-state index >= 15 is 0 Å². The molecule has 5 heteroatoms. The molecule has 130 valence electrons. The van der Waals surface area contributed by atoms with Gasteiger partial charge in [-0.2, -0.15) is 0 Å². The van der Waals surface area contributed by atoms with Crippen LogP contribution in [0.2, 0.25) is 0 Å². The number of amides is 1. The summed E-state index contributed by atoms with van der Waals surface area (Å²) < 4.78 is 1.82. The molecular formula is C20H23N3O2. The van der Waals surface area contributed by atoms with Crippen molar-refractivity contribution in [1.82, 2.24) is 14.7 Å². The normalized spacial score (nSPS) is 12.3. The van der Waals surface area contributed by atoms with E-state index in [9.17, 15) is 9.90 Å². The molecule has 3 aromatic rings. The number of benzene rings is 1. The van der Waals surface area contributed by atoms with Crippen molar-refractivity contribution < 1.29 is 9.90 Å². The third kappa shape index (κ3) is 3.42. The van der Waals surface area contributed by atoms with E-state index in [0.29, 0.717) is 17.8 Å². The number of aromatic nitrogens is 2. The minimum absolute atomic E-state index is 0.0854. The number of hydrogen-bond donors (Lipinski definition) is 2. The lowest BCUT2D eigenvalue weighted by atomic mass is 10.1. The van der Waals surface area contributed by atoms with Gasteiger partial charge in [-0.05, 0) is 31.9 Å². The quantitative estimate of drug-likeness (QED) is 0.752. The molecule has 1 aromatic carbocycles. The summed E-state index contributed by atoms with van der Waals surface area (Å²) in [5.74, 6) is -0.227. The zero-order valence-corrected chi connectivity index (χ0v) is 14.8. The molecule has 0 aliphatic carbocycles. The van der Waals surface area contributed by atoms with Gasteiger partial charge in [0.1, 0.15) is 17.0 Å². The highest BCUT2D eigenvalue weighted by Gasteiger charge is 2.22. The van der Waals surface area contributed by atoms with Gasteiger partial charge in [-0.25, -0.2) is 4.98 Å². The Morgan fingerprint density at radius 1 is 1.16 bits per heavy atom. The number of nitrogens with zero attached hydrogens (tertiary/aromatic N) is 2. The van der Waals surface area contributed by atoms with E-state index < -0.39 is 0 Å². The van der Waals surface area contributed by atoms with Crippen LogP contribution in [0.15, 0.2) is 42.6 Å². The van der Waals surface area contributed by atoms with Crippen LogP contribution in [0.1, 0.15) is 35.0 Å². The molecule has 2 N–H and O–H groups in total. The molecule has 3 rings (SSSR count). The monoisotopic (exact) mass is 337 g/mol. The average molecular weight is 337 g/mol. The number of nitrogens with one attached hydrogen (secondary N) is 1. The molecule has 2 heterocycles. The number of carbonyl (C=O) groups is 1. The maximum Gasteiger partial charge on any atom is 0.270 e. The lowest BCUT2D eigenvalue weighted by molar-refractivity contribution is 0.0909. The summed E-state index contributed by atoms with van der Waals surface area (Å²) >= 11 is 0. The maximum absolute atomic E-state index is 12.9. The third-order valence-electron chi connectivity index (χ3n) is 4.35. The molecule has 0 fully saturated rings. The van der Waals surface area contributed by atoms with Gasteiger partial charge in [0.2, 0.25) is 0 Å². The topological polar surface area (TPSA) is 66.6 Å². The van der Waals surface area contributed by atoms with E-state index in [2.05, 4.69) is 10.3 Å². The van der Waals surface area contributed by atoms with Gasteiger partial charge in [0.15, 0.2) is 0 Å². The van der Waals surface area contributed by atoms with Crippen molar-refractivity contribution >= 4 is 11.6 Å². The summed E-state index contributed by atoms with van der Waals surface area (Å²) in [7, 11) is 0. The van der Waals surface area contributed by atoms with Gasteiger partial charge in [-0.3, -0.25) is 9.20 Å². The van der Waals surface area contributed by atoms with Crippen LogP contribution < -0.4 is 5.32 Å². The highest BCUT2D eigenvalue weighted by molar-refractivity contribution is 5.99. The van der Waals surface area contributed by atoms with Crippen LogP contribution in [0, 0.1) is 13.8 Å². The predicted molar refractivity (Wildman–Crippen MR) is 98.7 cm³/mol. The maximum atomic E-state index is 12.9. The van der Waals surface area contributed by atoms with E-state index in [1.807, 2.05) is 67.8 Å². The molecule has 1 atom stereocenters. The Bertz CT molecular complexity index is 893. The number of aliphatic hydroxyl groups excluding tert-OH is 1. The molecule has 0 spiro atoms. The number of imidazole rings is 1. The molecule has 0 aliphatic heterocycles. The van der Waals surface area contributed by atoms with Gasteiger partial charge in [-0.1, -0.05) is 42.8 Å². The molecule has 5 nitrogen and oxygen atoms in total. The van der Waals surface area contributed by atoms with Crippen molar-refractivity contribution in [1.29, 1.82) is 0 Å². The Hall–Kier alpha value is -2.66. The minimum atomic E-state index is -0.270. The van der Waals surface area contributed by atoms with Crippen molar-refractivity contribution in [3.05, 3.63) is 59.4 Å². The fraction of sp³-hybridized carbons (Fsp3) is 0.300. The molecule has 1 amide bonds. The molecule has 2 aromatic heterocycles. The van der Waals surface area contributed by atoms with Crippen LogP contribution in [-0.4, -0.2) is 33.0 Å². The summed E-state index contributed by atoms with van der Waals surface area (Å²) in [6.07, 6.45) is 2.58. The van der Waals surface area contributed by atoms with Crippen LogP contribution in [0.4, 0.5) is 0 Å². The Kier molecular flexibility index (Phi) is 4.86. The molecular weight excluding hydrogens is 314 g/mol. The first-order valence-electron chi connectivity index (χ1n) is 8.51. The second-order valence-electron chi connectivity index (χ2n) is 6.37. The summed E-state index contributed by atoms with van der Waals surface area (Å²) in [5.41, 5.74) is 4.96. The lowest BCUT2D eigenvalue weighted by Gasteiger charge is -2.14. The van der Waals surface area contributed by atoms with Crippen LogP contribution in [-0.2, 0) is 0 Å². The second kappa shape index (κ2) is 7.07. The molecule has 0 aliphatic rings. The first-order valence-corrected chi connectivity index (χ1v) is 8.51. The zero-order chi connectivity index (χ0) is 18.0. The summed E-state index contributed by atoms with van der Waals surface area (Å²) in [6.45, 7) is 5.85. The fourth-order valence-electron chi connectivity index (χ4n) is 2.81. The van der Waals surface area contributed by atoms with Crippen LogP contribution in [0.25, 0.3) is 16.9 Å². The Morgan fingerprint density at radius 3 is 2.48 bits per heavy atom. The average Bonchev–Trinajstić information content (AvgIpc) is 2.98. The Labute approximate surface area is 147 Å². The number of pyridine rings is 1. The van der Waals surface area contributed by atoms with E-state index in [1.54, 1.807) is 0 Å². The third-order valence-corrected chi connectivity index (χ3v) is 4.35. The largest absolute Gasteiger partial charge is 0.394 e. The smallest absolute Gasteiger partial charge is 0.270 e. The lowest BCUT2D eigenvalue weighted by Crippen LogP contribution is -2.37. The van der Waals surface area contributed by atoms with E-state index in [4.69, 9.17) is 0 Å². The molecule has 0 radical (unpaired) electrons. The molecule has 0 saturated heterocycles. The number of fused-ring (bicyclic) bond motifs is 1. The number of aliphatic hydroxyl groups is 1. The minimum Gasteiger partial charge on any atom is -0.394 e. The molecule has 0 saturated carbocycles. The highest BCUT2D eigenvalue weighted by Crippen LogP contribution is 2.25. The van der Waals surface area contributed by atoms with Crippen molar-refractivity contribution in [2.75, 3.05) is 6.61 Å². The number of aryl methyl sites for hydroxylation is 2. The van der Waals surface area contributed by atoms with Gasteiger partial charge in [0, 0.05) is 11.8 Å². The standard InChI is InChI=1S/C20H23N3O2/c1-4-16(12-24)21-20(25)19-18(15-8-5-13(2)6-9-15)22-17-10-7-14(3)11-23(17)19/h5-11,16,24H,4,12H2,1-3H3,(H,21,25). The van der Waals surface area contributed by atoms with Gasteiger partial charge < -0.3 is 10.4 Å². The molecule has 1 unspecified atom stereocenters. The Morgan fingerprint density at radius 2 is 1.84 bits per heavy atom. The van der Waals surface area contributed by atoms with E-state index in [-0.39, 0.29) is 18.6 Å².